The van der Waals surface area contributed by atoms with Gasteiger partial charge in [0.15, 0.2) is 6.29 Å². The molecule has 2 nitrogen and oxygen atoms in total. The van der Waals surface area contributed by atoms with Crippen molar-refractivity contribution in [1.29, 1.82) is 0 Å². The van der Waals surface area contributed by atoms with Gasteiger partial charge in [-0.3, -0.25) is 0 Å². The highest BCUT2D eigenvalue weighted by molar-refractivity contribution is 6.17. The second kappa shape index (κ2) is 9.72. The van der Waals surface area contributed by atoms with Crippen LogP contribution in [0.15, 0.2) is 24.3 Å². The van der Waals surface area contributed by atoms with Crippen molar-refractivity contribution in [2.45, 2.75) is 39.4 Å². The maximum Gasteiger partial charge on any atom is 0.197 e. The molecule has 0 aromatic heterocycles. The third-order valence-corrected chi connectivity index (χ3v) is 2.76. The van der Waals surface area contributed by atoms with Crippen molar-refractivity contribution in [2.75, 3.05) is 12.5 Å². The highest BCUT2D eigenvalue weighted by Crippen LogP contribution is 2.18. The summed E-state index contributed by atoms with van der Waals surface area (Å²) >= 11 is 5.63. The van der Waals surface area contributed by atoms with Gasteiger partial charge >= 0.3 is 0 Å². The van der Waals surface area contributed by atoms with Crippen molar-refractivity contribution in [1.82, 2.24) is 0 Å². The molecule has 0 bridgehead atoms. The lowest BCUT2D eigenvalue weighted by molar-refractivity contribution is -0.0614. The Morgan fingerprint density at radius 3 is 2.79 bits per heavy atom. The normalized spacial score (nSPS) is 11.5. The number of ether oxygens (including phenoxy) is 2. The number of rotatable bonds is 7. The maximum absolute atomic E-state index is 5.72. The van der Waals surface area contributed by atoms with Crippen LogP contribution in [0.2, 0.25) is 0 Å². The first kappa shape index (κ1) is 15.9. The number of unbranched alkanes of at least 4 members (excludes halogenated alkanes) is 2. The lowest BCUT2D eigenvalue weighted by atomic mass is 10.2. The fraction of sp³-hybridized carbons (Fsp3) is 0.500. The third-order valence-electron chi connectivity index (χ3n) is 2.49. The molecule has 0 N–H and O–H groups in total. The largest absolute Gasteiger partial charge is 0.464 e. The van der Waals surface area contributed by atoms with Crippen molar-refractivity contribution in [3.63, 3.8) is 0 Å². The fourth-order valence-corrected chi connectivity index (χ4v) is 1.77. The van der Waals surface area contributed by atoms with Crippen LogP contribution in [0, 0.1) is 11.8 Å². The van der Waals surface area contributed by atoms with Crippen LogP contribution in [0.5, 0.6) is 5.75 Å². The molecule has 0 saturated heterocycles. The van der Waals surface area contributed by atoms with Gasteiger partial charge in [0.05, 0.1) is 5.56 Å². The monoisotopic (exact) mass is 280 g/mol. The minimum atomic E-state index is -0.260. The van der Waals surface area contributed by atoms with Crippen molar-refractivity contribution in [3.05, 3.63) is 29.8 Å². The van der Waals surface area contributed by atoms with Gasteiger partial charge in [-0.1, -0.05) is 24.0 Å². The summed E-state index contributed by atoms with van der Waals surface area (Å²) in [4.78, 5) is 0. The molecule has 0 heterocycles. The molecule has 1 aromatic rings. The van der Waals surface area contributed by atoms with Crippen molar-refractivity contribution in [3.8, 4) is 17.6 Å². The molecule has 0 aliphatic rings. The van der Waals surface area contributed by atoms with Crippen molar-refractivity contribution >= 4 is 11.6 Å². The molecule has 0 amide bonds. The highest BCUT2D eigenvalue weighted by Gasteiger charge is 2.05. The number of hydrogen-bond donors (Lipinski definition) is 0. The molecule has 0 fully saturated rings. The van der Waals surface area contributed by atoms with E-state index in [0.29, 0.717) is 12.5 Å². The van der Waals surface area contributed by atoms with Crippen LogP contribution in [-0.2, 0) is 4.74 Å². The standard InChI is InChI=1S/C16H21ClO2/c1-3-18-14(2)19-16-12-8-7-11-15(16)10-6-4-5-9-13-17/h7-8,11-12,14H,3-5,9,13H2,1-2H3. The molecule has 0 saturated carbocycles. The van der Waals surface area contributed by atoms with Crippen LogP contribution in [0.1, 0.15) is 38.7 Å². The molecule has 1 rings (SSSR count). The van der Waals surface area contributed by atoms with Gasteiger partial charge in [0.25, 0.3) is 0 Å². The Morgan fingerprint density at radius 2 is 2.05 bits per heavy atom. The summed E-state index contributed by atoms with van der Waals surface area (Å²) in [7, 11) is 0. The second-order valence-electron chi connectivity index (χ2n) is 4.08. The first-order chi connectivity index (χ1) is 9.27. The molecule has 0 radical (unpaired) electrons. The predicted octanol–water partition coefficient (Wildman–Crippen LogP) is 4.21. The number of halogens is 1. The van der Waals surface area contributed by atoms with E-state index < -0.39 is 0 Å². The average Bonchev–Trinajstić information content (AvgIpc) is 2.40. The summed E-state index contributed by atoms with van der Waals surface area (Å²) in [5.41, 5.74) is 0.903. The molecule has 1 aromatic carbocycles. The summed E-state index contributed by atoms with van der Waals surface area (Å²) < 4.78 is 11.1. The van der Waals surface area contributed by atoms with E-state index in [1.54, 1.807) is 0 Å². The smallest absolute Gasteiger partial charge is 0.197 e. The van der Waals surface area contributed by atoms with E-state index in [0.717, 1.165) is 30.6 Å². The Hall–Kier alpha value is -1.17. The molecular formula is C16H21ClO2. The van der Waals surface area contributed by atoms with Crippen molar-refractivity contribution < 1.29 is 9.47 Å². The third kappa shape index (κ3) is 6.52. The quantitative estimate of drug-likeness (QED) is 0.322. The van der Waals surface area contributed by atoms with E-state index in [1.807, 2.05) is 38.1 Å². The summed E-state index contributed by atoms with van der Waals surface area (Å²) in [5.74, 6) is 7.77. The fourth-order valence-electron chi connectivity index (χ4n) is 1.59. The molecule has 0 spiro atoms. The summed E-state index contributed by atoms with van der Waals surface area (Å²) in [5, 5.41) is 0. The Bertz CT molecular complexity index is 420. The molecule has 19 heavy (non-hydrogen) atoms. The number of para-hydroxylation sites is 1. The lowest BCUT2D eigenvalue weighted by Crippen LogP contribution is -2.16. The molecule has 3 heteroatoms. The Balaban J connectivity index is 2.62. The minimum absolute atomic E-state index is 0.260. The number of benzene rings is 1. The van der Waals surface area contributed by atoms with Crippen LogP contribution in [0.4, 0.5) is 0 Å². The zero-order valence-corrected chi connectivity index (χ0v) is 12.4. The van der Waals surface area contributed by atoms with Gasteiger partial charge in [0.1, 0.15) is 5.75 Å². The van der Waals surface area contributed by atoms with Gasteiger partial charge in [0, 0.05) is 18.9 Å². The average molecular weight is 281 g/mol. The van der Waals surface area contributed by atoms with E-state index >= 15 is 0 Å². The molecule has 0 aliphatic heterocycles. The Labute approximate surface area is 121 Å². The SMILES string of the molecule is CCOC(C)Oc1ccccc1C#CCCCCCl. The maximum atomic E-state index is 5.72. The van der Waals surface area contributed by atoms with Gasteiger partial charge in [-0.2, -0.15) is 0 Å². The van der Waals surface area contributed by atoms with E-state index in [4.69, 9.17) is 21.1 Å². The van der Waals surface area contributed by atoms with E-state index in [2.05, 4.69) is 11.8 Å². The summed E-state index contributed by atoms with van der Waals surface area (Å²) in [6, 6.07) is 7.77. The van der Waals surface area contributed by atoms with E-state index in [9.17, 15) is 0 Å². The topological polar surface area (TPSA) is 18.5 Å². The Morgan fingerprint density at radius 1 is 1.26 bits per heavy atom. The second-order valence-corrected chi connectivity index (χ2v) is 4.46. The van der Waals surface area contributed by atoms with E-state index in [1.165, 1.54) is 0 Å². The molecule has 1 unspecified atom stereocenters. The van der Waals surface area contributed by atoms with Gasteiger partial charge in [-0.05, 0) is 38.8 Å². The molecule has 104 valence electrons. The molecule has 1 atom stereocenters. The zero-order valence-electron chi connectivity index (χ0n) is 11.6. The highest BCUT2D eigenvalue weighted by atomic mass is 35.5. The predicted molar refractivity (Wildman–Crippen MR) is 79.6 cm³/mol. The Kier molecular flexibility index (Phi) is 8.13. The van der Waals surface area contributed by atoms with Crippen LogP contribution >= 0.6 is 11.6 Å². The van der Waals surface area contributed by atoms with E-state index in [-0.39, 0.29) is 6.29 Å². The van der Waals surface area contributed by atoms with Gasteiger partial charge in [-0.25, -0.2) is 0 Å². The first-order valence-corrected chi connectivity index (χ1v) is 7.23. The van der Waals surface area contributed by atoms with Crippen LogP contribution < -0.4 is 4.74 Å². The van der Waals surface area contributed by atoms with Crippen LogP contribution in [0.3, 0.4) is 0 Å². The van der Waals surface area contributed by atoms with Crippen LogP contribution in [-0.4, -0.2) is 18.8 Å². The van der Waals surface area contributed by atoms with Gasteiger partial charge in [0.2, 0.25) is 0 Å². The summed E-state index contributed by atoms with van der Waals surface area (Å²) in [6.45, 7) is 4.46. The van der Waals surface area contributed by atoms with Gasteiger partial charge < -0.3 is 9.47 Å². The minimum Gasteiger partial charge on any atom is -0.464 e. The number of hydrogen-bond acceptors (Lipinski definition) is 2. The zero-order chi connectivity index (χ0) is 13.9. The molecular weight excluding hydrogens is 260 g/mol. The van der Waals surface area contributed by atoms with Crippen molar-refractivity contribution in [2.24, 2.45) is 0 Å². The van der Waals surface area contributed by atoms with Gasteiger partial charge in [-0.15, -0.1) is 11.6 Å². The lowest BCUT2D eigenvalue weighted by Gasteiger charge is -2.15. The summed E-state index contributed by atoms with van der Waals surface area (Å²) in [6.07, 6.45) is 2.65. The molecule has 0 aliphatic carbocycles. The first-order valence-electron chi connectivity index (χ1n) is 6.70. The van der Waals surface area contributed by atoms with Crippen LogP contribution in [0.25, 0.3) is 0 Å². The number of alkyl halides is 1.